The summed E-state index contributed by atoms with van der Waals surface area (Å²) in [5.41, 5.74) is 8.35. The third kappa shape index (κ3) is 5.93. The van der Waals surface area contributed by atoms with Gasteiger partial charge in [-0.25, -0.2) is 19.3 Å². The third-order valence-electron chi connectivity index (χ3n) is 6.13. The SMILES string of the molecule is COc1cc(OCC2(NC(=O)OC(C)(C)C)CC2)c(N)cc1Nc1ncc(Cl)c(-c2cnn3ccccc23)n1. The number of nitrogens with zero attached hydrogens (tertiary/aromatic N) is 4. The van der Waals surface area contributed by atoms with Crippen LogP contribution >= 0.6 is 11.6 Å². The van der Waals surface area contributed by atoms with Crippen LogP contribution in [-0.2, 0) is 4.74 Å². The fourth-order valence-electron chi connectivity index (χ4n) is 4.02. The minimum absolute atomic E-state index is 0.246. The Kier molecular flexibility index (Phi) is 6.85. The molecule has 4 N–H and O–H groups in total. The van der Waals surface area contributed by atoms with Crippen LogP contribution in [0.5, 0.6) is 11.5 Å². The molecule has 1 aliphatic carbocycles. The number of ether oxygens (including phenoxy) is 3. The molecule has 1 aromatic carbocycles. The van der Waals surface area contributed by atoms with Gasteiger partial charge in [0, 0.05) is 17.8 Å². The highest BCUT2D eigenvalue weighted by atomic mass is 35.5. The first-order chi connectivity index (χ1) is 18.6. The van der Waals surface area contributed by atoms with Gasteiger partial charge in [-0.2, -0.15) is 5.10 Å². The lowest BCUT2D eigenvalue weighted by Crippen LogP contribution is -2.44. The Morgan fingerprint density at radius 3 is 2.72 bits per heavy atom. The molecule has 12 heteroatoms. The van der Waals surface area contributed by atoms with E-state index in [0.717, 1.165) is 23.9 Å². The number of hydrogen-bond donors (Lipinski definition) is 3. The molecular weight excluding hydrogens is 522 g/mol. The van der Waals surface area contributed by atoms with E-state index in [9.17, 15) is 4.79 Å². The number of hydrogen-bond acceptors (Lipinski definition) is 9. The van der Waals surface area contributed by atoms with Crippen molar-refractivity contribution in [2.45, 2.75) is 44.8 Å². The van der Waals surface area contributed by atoms with E-state index >= 15 is 0 Å². The Hall–Kier alpha value is -4.25. The molecule has 0 aliphatic heterocycles. The van der Waals surface area contributed by atoms with E-state index < -0.39 is 17.2 Å². The number of nitrogen functional groups attached to an aromatic ring is 1. The normalized spacial score (nSPS) is 14.1. The Morgan fingerprint density at radius 1 is 1.21 bits per heavy atom. The Morgan fingerprint density at radius 2 is 2.00 bits per heavy atom. The predicted octanol–water partition coefficient (Wildman–Crippen LogP) is 5.22. The van der Waals surface area contributed by atoms with Gasteiger partial charge in [-0.1, -0.05) is 17.7 Å². The zero-order valence-electron chi connectivity index (χ0n) is 22.1. The van der Waals surface area contributed by atoms with E-state index in [1.54, 1.807) is 30.0 Å². The number of pyridine rings is 1. The quantitative estimate of drug-likeness (QED) is 0.252. The van der Waals surface area contributed by atoms with Gasteiger partial charge in [-0.05, 0) is 51.8 Å². The Bertz CT molecular complexity index is 1530. The number of nitrogens with two attached hydrogens (primary N) is 1. The highest BCUT2D eigenvalue weighted by Gasteiger charge is 2.46. The summed E-state index contributed by atoms with van der Waals surface area (Å²) in [5.74, 6) is 1.20. The number of anilines is 3. The van der Waals surface area contributed by atoms with Gasteiger partial charge < -0.3 is 30.6 Å². The molecule has 4 aromatic rings. The first-order valence-corrected chi connectivity index (χ1v) is 12.8. The van der Waals surface area contributed by atoms with Crippen molar-refractivity contribution in [1.82, 2.24) is 24.9 Å². The number of carbonyl (C=O) groups excluding carboxylic acids is 1. The van der Waals surface area contributed by atoms with E-state index in [0.29, 0.717) is 39.5 Å². The van der Waals surface area contributed by atoms with Gasteiger partial charge >= 0.3 is 6.09 Å². The maximum atomic E-state index is 12.2. The fraction of sp³-hybridized carbons (Fsp3) is 0.333. The monoisotopic (exact) mass is 551 g/mol. The topological polar surface area (TPSA) is 138 Å². The van der Waals surface area contributed by atoms with Gasteiger partial charge in [0.15, 0.2) is 0 Å². The smallest absolute Gasteiger partial charge is 0.408 e. The summed E-state index contributed by atoms with van der Waals surface area (Å²) in [4.78, 5) is 21.2. The lowest BCUT2D eigenvalue weighted by atomic mass is 10.2. The van der Waals surface area contributed by atoms with Gasteiger partial charge in [0.05, 0.1) is 52.7 Å². The summed E-state index contributed by atoms with van der Waals surface area (Å²) in [5, 5.41) is 10.8. The number of amides is 1. The van der Waals surface area contributed by atoms with E-state index in [1.165, 1.54) is 6.20 Å². The van der Waals surface area contributed by atoms with Crippen LogP contribution < -0.4 is 25.8 Å². The number of aromatic nitrogens is 4. The molecule has 0 spiro atoms. The second-order valence-corrected chi connectivity index (χ2v) is 10.8. The molecule has 1 aliphatic rings. The van der Waals surface area contributed by atoms with Crippen molar-refractivity contribution in [3.8, 4) is 22.8 Å². The van der Waals surface area contributed by atoms with Crippen molar-refractivity contribution in [1.29, 1.82) is 0 Å². The maximum Gasteiger partial charge on any atom is 0.408 e. The van der Waals surface area contributed by atoms with Crippen LogP contribution in [0.4, 0.5) is 22.1 Å². The van der Waals surface area contributed by atoms with Crippen LogP contribution in [0.1, 0.15) is 33.6 Å². The fourth-order valence-corrected chi connectivity index (χ4v) is 4.21. The number of halogens is 1. The molecule has 39 heavy (non-hydrogen) atoms. The highest BCUT2D eigenvalue weighted by molar-refractivity contribution is 6.33. The van der Waals surface area contributed by atoms with Crippen LogP contribution in [0.2, 0.25) is 5.02 Å². The minimum atomic E-state index is -0.580. The number of benzene rings is 1. The molecule has 1 amide bonds. The number of rotatable bonds is 8. The summed E-state index contributed by atoms with van der Waals surface area (Å²) in [6.45, 7) is 5.71. The first kappa shape index (κ1) is 26.4. The van der Waals surface area contributed by atoms with E-state index in [4.69, 9.17) is 31.5 Å². The predicted molar refractivity (Wildman–Crippen MR) is 149 cm³/mol. The highest BCUT2D eigenvalue weighted by Crippen LogP contribution is 2.40. The van der Waals surface area contributed by atoms with E-state index in [1.807, 2.05) is 45.2 Å². The molecule has 3 heterocycles. The average Bonchev–Trinajstić information content (AvgIpc) is 3.50. The molecule has 0 radical (unpaired) electrons. The zero-order chi connectivity index (χ0) is 27.8. The van der Waals surface area contributed by atoms with E-state index in [-0.39, 0.29) is 6.61 Å². The molecular formula is C27H30ClN7O4. The van der Waals surface area contributed by atoms with Crippen LogP contribution in [0, 0.1) is 0 Å². The Balaban J connectivity index is 1.32. The largest absolute Gasteiger partial charge is 0.494 e. The van der Waals surface area contributed by atoms with Crippen LogP contribution in [0.25, 0.3) is 16.8 Å². The second-order valence-electron chi connectivity index (χ2n) is 10.4. The number of fused-ring (bicyclic) bond motifs is 1. The zero-order valence-corrected chi connectivity index (χ0v) is 22.9. The van der Waals surface area contributed by atoms with Crippen LogP contribution in [-0.4, -0.2) is 50.5 Å². The summed E-state index contributed by atoms with van der Waals surface area (Å²) >= 11 is 6.45. The van der Waals surface area contributed by atoms with Crippen molar-refractivity contribution >= 4 is 40.5 Å². The number of methoxy groups -OCH3 is 1. The summed E-state index contributed by atoms with van der Waals surface area (Å²) in [7, 11) is 1.54. The van der Waals surface area contributed by atoms with Crippen molar-refractivity contribution in [3.05, 3.63) is 53.9 Å². The molecule has 1 fully saturated rings. The molecule has 1 saturated carbocycles. The second kappa shape index (κ2) is 10.1. The molecule has 0 atom stereocenters. The molecule has 0 bridgehead atoms. The van der Waals surface area contributed by atoms with Gasteiger partial charge in [-0.15, -0.1) is 0 Å². The minimum Gasteiger partial charge on any atom is -0.494 e. The van der Waals surface area contributed by atoms with Crippen molar-refractivity contribution in [3.63, 3.8) is 0 Å². The molecule has 204 valence electrons. The van der Waals surface area contributed by atoms with Crippen molar-refractivity contribution in [2.24, 2.45) is 0 Å². The van der Waals surface area contributed by atoms with Gasteiger partial charge in [0.25, 0.3) is 0 Å². The summed E-state index contributed by atoms with van der Waals surface area (Å²) in [6.07, 6.45) is 6.18. The number of alkyl carbamates (subject to hydrolysis) is 1. The Labute approximate surface area is 230 Å². The van der Waals surface area contributed by atoms with Crippen LogP contribution in [0.15, 0.2) is 48.9 Å². The lowest BCUT2D eigenvalue weighted by molar-refractivity contribution is 0.0477. The van der Waals surface area contributed by atoms with Crippen molar-refractivity contribution < 1.29 is 19.0 Å². The first-order valence-electron chi connectivity index (χ1n) is 12.4. The van der Waals surface area contributed by atoms with Gasteiger partial charge in [0.2, 0.25) is 5.95 Å². The van der Waals surface area contributed by atoms with Gasteiger partial charge in [-0.3, -0.25) is 0 Å². The van der Waals surface area contributed by atoms with Gasteiger partial charge in [0.1, 0.15) is 23.7 Å². The molecule has 0 saturated heterocycles. The standard InChI is InChI=1S/C27H30ClN7O4/c1-26(2,3)39-25(36)34-27(8-9-27)15-38-21-12-22(37-4)19(11-18(21)29)32-24-30-14-17(28)23(33-24)16-13-31-35-10-6-5-7-20(16)35/h5-7,10-14H,8-9,15,29H2,1-4H3,(H,34,36)(H,30,32,33). The molecule has 11 nitrogen and oxygen atoms in total. The number of nitrogens with one attached hydrogen (secondary N) is 2. The molecule has 3 aromatic heterocycles. The lowest BCUT2D eigenvalue weighted by Gasteiger charge is -2.24. The maximum absolute atomic E-state index is 12.2. The summed E-state index contributed by atoms with van der Waals surface area (Å²) < 4.78 is 18.7. The average molecular weight is 552 g/mol. The van der Waals surface area contributed by atoms with Crippen LogP contribution in [0.3, 0.4) is 0 Å². The van der Waals surface area contributed by atoms with Crippen molar-refractivity contribution in [2.75, 3.05) is 24.8 Å². The molecule has 0 unspecified atom stereocenters. The third-order valence-corrected chi connectivity index (χ3v) is 6.40. The number of carbonyl (C=O) groups is 1. The molecule has 5 rings (SSSR count). The van der Waals surface area contributed by atoms with E-state index in [2.05, 4.69) is 25.7 Å². The summed E-state index contributed by atoms with van der Waals surface area (Å²) in [6, 6.07) is 9.12.